The number of carbonyl (C=O) groups is 1. The Balaban J connectivity index is 0.000000433. The molecule has 0 aliphatic heterocycles. The van der Waals surface area contributed by atoms with Crippen molar-refractivity contribution in [1.29, 1.82) is 5.41 Å². The maximum atomic E-state index is 12.4. The molecule has 0 radical (unpaired) electrons. The molecule has 5 nitrogen and oxygen atoms in total. The molecule has 0 saturated heterocycles. The van der Waals surface area contributed by atoms with Gasteiger partial charge in [-0.15, -0.1) is 0 Å². The van der Waals surface area contributed by atoms with Gasteiger partial charge in [-0.3, -0.25) is 15.0 Å². The summed E-state index contributed by atoms with van der Waals surface area (Å²) in [5, 5.41) is 8.67. The molecule has 0 bridgehead atoms. The van der Waals surface area contributed by atoms with Crippen LogP contribution in [-0.2, 0) is 9.63 Å². The van der Waals surface area contributed by atoms with Gasteiger partial charge in [-0.2, -0.15) is 5.06 Å². The van der Waals surface area contributed by atoms with Gasteiger partial charge in [0.1, 0.15) is 5.84 Å². The highest BCUT2D eigenvalue weighted by molar-refractivity contribution is 5.95. The van der Waals surface area contributed by atoms with Crippen LogP contribution in [0.2, 0.25) is 0 Å². The first kappa shape index (κ1) is 24.1. The van der Waals surface area contributed by atoms with Crippen molar-refractivity contribution in [1.82, 2.24) is 5.06 Å². The van der Waals surface area contributed by atoms with Crippen molar-refractivity contribution in [3.8, 4) is 0 Å². The largest absolute Gasteiger partial charge is 0.330 e. The molecule has 2 rings (SSSR count). The van der Waals surface area contributed by atoms with E-state index in [0.29, 0.717) is 13.0 Å². The fraction of sp³-hybridized carbons (Fsp3) is 0.909. The zero-order chi connectivity index (χ0) is 20.1. The number of carbonyl (C=O) groups excluding carboxylic acids is 1. The summed E-state index contributed by atoms with van der Waals surface area (Å²) < 4.78 is 0. The second kappa shape index (κ2) is 14.1. The van der Waals surface area contributed by atoms with Gasteiger partial charge in [-0.1, -0.05) is 71.1 Å². The summed E-state index contributed by atoms with van der Waals surface area (Å²) >= 11 is 0. The van der Waals surface area contributed by atoms with Crippen molar-refractivity contribution < 1.29 is 9.63 Å². The van der Waals surface area contributed by atoms with E-state index in [4.69, 9.17) is 16.0 Å². The van der Waals surface area contributed by atoms with Crippen LogP contribution in [0.15, 0.2) is 0 Å². The molecule has 0 heterocycles. The van der Waals surface area contributed by atoms with Crippen LogP contribution in [0.5, 0.6) is 0 Å². The van der Waals surface area contributed by atoms with Gasteiger partial charge < -0.3 is 5.73 Å². The van der Waals surface area contributed by atoms with Crippen LogP contribution in [0.25, 0.3) is 0 Å². The first-order valence-corrected chi connectivity index (χ1v) is 11.1. The van der Waals surface area contributed by atoms with Crippen molar-refractivity contribution in [2.24, 2.45) is 23.5 Å². The van der Waals surface area contributed by atoms with E-state index >= 15 is 0 Å². The van der Waals surface area contributed by atoms with Crippen LogP contribution < -0.4 is 5.73 Å². The summed E-state index contributed by atoms with van der Waals surface area (Å²) in [6, 6.07) is 0. The average molecular weight is 382 g/mol. The maximum absolute atomic E-state index is 12.4. The van der Waals surface area contributed by atoms with Gasteiger partial charge in [0.25, 0.3) is 5.91 Å². The summed E-state index contributed by atoms with van der Waals surface area (Å²) in [5.41, 5.74) is 5.63. The van der Waals surface area contributed by atoms with E-state index in [2.05, 4.69) is 6.92 Å². The van der Waals surface area contributed by atoms with Crippen LogP contribution in [0.3, 0.4) is 0 Å². The Hall–Kier alpha value is -0.940. The van der Waals surface area contributed by atoms with Crippen LogP contribution >= 0.6 is 0 Å². The minimum Gasteiger partial charge on any atom is -0.330 e. The molecule has 0 aromatic carbocycles. The van der Waals surface area contributed by atoms with Crippen LogP contribution in [0, 0.1) is 23.2 Å². The second-order valence-corrected chi connectivity index (χ2v) is 8.50. The molecule has 1 unspecified atom stereocenters. The first-order chi connectivity index (χ1) is 13.0. The predicted molar refractivity (Wildman–Crippen MR) is 112 cm³/mol. The quantitative estimate of drug-likeness (QED) is 0.357. The molecule has 5 heteroatoms. The summed E-state index contributed by atoms with van der Waals surface area (Å²) in [6.07, 6.45) is 16.6. The van der Waals surface area contributed by atoms with Crippen molar-refractivity contribution >= 4 is 11.7 Å². The second-order valence-electron chi connectivity index (χ2n) is 8.50. The Morgan fingerprint density at radius 2 is 1.63 bits per heavy atom. The average Bonchev–Trinajstić information content (AvgIpc) is 2.67. The standard InChI is InChI=1S/C15H29N3O2.C7H14/c1-12(17)18(20-2)15(19)14(10-11-16)9-8-13-6-4-3-5-7-13;1-7-5-3-2-4-6-7/h13-14,17H,3-11,16H2,1-2H3;7H,2-6H2,1H3. The van der Waals surface area contributed by atoms with Gasteiger partial charge >= 0.3 is 0 Å². The first-order valence-electron chi connectivity index (χ1n) is 11.1. The zero-order valence-electron chi connectivity index (χ0n) is 18.0. The molecule has 3 N–H and O–H groups in total. The number of nitrogens with one attached hydrogen (secondary N) is 1. The van der Waals surface area contributed by atoms with Crippen LogP contribution in [-0.4, -0.2) is 30.5 Å². The lowest BCUT2D eigenvalue weighted by Crippen LogP contribution is -2.39. The lowest BCUT2D eigenvalue weighted by atomic mass is 9.83. The van der Waals surface area contributed by atoms with Crippen molar-refractivity contribution in [3.05, 3.63) is 0 Å². The normalized spacial score (nSPS) is 19.7. The molecule has 0 aromatic heterocycles. The number of amides is 1. The SMILES string of the molecule is CC1CCCCC1.CON(C(C)=N)C(=O)C(CCN)CCC1CCCCC1. The minimum absolute atomic E-state index is 0.122. The number of nitrogens with two attached hydrogens (primary N) is 1. The lowest BCUT2D eigenvalue weighted by Gasteiger charge is -2.26. The number of rotatable bonds is 7. The van der Waals surface area contributed by atoms with Crippen molar-refractivity contribution in [3.63, 3.8) is 0 Å². The molecule has 2 aliphatic carbocycles. The van der Waals surface area contributed by atoms with Gasteiger partial charge in [0.05, 0.1) is 7.11 Å². The molecule has 1 amide bonds. The van der Waals surface area contributed by atoms with Gasteiger partial charge in [-0.25, -0.2) is 0 Å². The molecular formula is C22H43N3O2. The molecule has 0 spiro atoms. The fourth-order valence-electron chi connectivity index (χ4n) is 4.37. The monoisotopic (exact) mass is 381 g/mol. The van der Waals surface area contributed by atoms with Crippen molar-refractivity contribution in [2.45, 2.75) is 97.3 Å². The number of hydrogen-bond donors (Lipinski definition) is 2. The Kier molecular flexibility index (Phi) is 12.6. The van der Waals surface area contributed by atoms with E-state index in [1.54, 1.807) is 6.92 Å². The third-order valence-corrected chi connectivity index (χ3v) is 6.09. The van der Waals surface area contributed by atoms with E-state index in [-0.39, 0.29) is 17.7 Å². The van der Waals surface area contributed by atoms with Gasteiger partial charge in [0.15, 0.2) is 0 Å². The molecular weight excluding hydrogens is 338 g/mol. The van der Waals surface area contributed by atoms with E-state index < -0.39 is 0 Å². The smallest absolute Gasteiger partial charge is 0.255 e. The predicted octanol–water partition coefficient (Wildman–Crippen LogP) is 5.29. The minimum atomic E-state index is -0.124. The summed E-state index contributed by atoms with van der Waals surface area (Å²) in [4.78, 5) is 17.4. The van der Waals surface area contributed by atoms with Gasteiger partial charge in [0.2, 0.25) is 0 Å². The Labute approximate surface area is 166 Å². The maximum Gasteiger partial charge on any atom is 0.255 e. The number of hydroxylamine groups is 2. The third kappa shape index (κ3) is 9.70. The molecule has 1 atom stereocenters. The Morgan fingerprint density at radius 1 is 1.07 bits per heavy atom. The molecule has 2 aliphatic rings. The molecule has 0 aromatic rings. The molecule has 158 valence electrons. The summed E-state index contributed by atoms with van der Waals surface area (Å²) in [7, 11) is 1.43. The van der Waals surface area contributed by atoms with Gasteiger partial charge in [0, 0.05) is 5.92 Å². The van der Waals surface area contributed by atoms with Crippen molar-refractivity contribution in [2.75, 3.05) is 13.7 Å². The number of nitrogens with zero attached hydrogens (tertiary/aromatic N) is 1. The van der Waals surface area contributed by atoms with E-state index in [0.717, 1.165) is 29.7 Å². The fourth-order valence-corrected chi connectivity index (χ4v) is 4.37. The zero-order valence-corrected chi connectivity index (χ0v) is 18.0. The third-order valence-electron chi connectivity index (χ3n) is 6.09. The lowest BCUT2D eigenvalue weighted by molar-refractivity contribution is -0.161. The summed E-state index contributed by atoms with van der Waals surface area (Å²) in [5.74, 6) is 1.67. The number of amidine groups is 1. The van der Waals surface area contributed by atoms with Gasteiger partial charge in [-0.05, 0) is 44.6 Å². The Bertz CT molecular complexity index is 416. The molecule has 2 saturated carbocycles. The molecule has 27 heavy (non-hydrogen) atoms. The van der Waals surface area contributed by atoms with E-state index in [1.807, 2.05) is 0 Å². The van der Waals surface area contributed by atoms with E-state index in [9.17, 15) is 4.79 Å². The topological polar surface area (TPSA) is 79.4 Å². The van der Waals surface area contributed by atoms with Crippen LogP contribution in [0.4, 0.5) is 0 Å². The highest BCUT2D eigenvalue weighted by atomic mass is 16.7. The number of hydrogen-bond acceptors (Lipinski definition) is 4. The molecule has 2 fully saturated rings. The van der Waals surface area contributed by atoms with E-state index in [1.165, 1.54) is 71.3 Å². The highest BCUT2D eigenvalue weighted by Gasteiger charge is 2.26. The Morgan fingerprint density at radius 3 is 2.04 bits per heavy atom. The highest BCUT2D eigenvalue weighted by Crippen LogP contribution is 2.29. The van der Waals surface area contributed by atoms with Crippen LogP contribution in [0.1, 0.15) is 97.3 Å². The summed E-state index contributed by atoms with van der Waals surface area (Å²) in [6.45, 7) is 4.41.